The molecule has 1 heterocycles. The molecular weight excluding hydrogens is 298 g/mol. The van der Waals surface area contributed by atoms with Gasteiger partial charge in [-0.1, -0.05) is 12.1 Å². The zero-order valence-corrected chi connectivity index (χ0v) is 13.7. The third kappa shape index (κ3) is 3.62. The Kier molecular flexibility index (Phi) is 5.59. The van der Waals surface area contributed by atoms with E-state index in [2.05, 4.69) is 10.3 Å². The SMILES string of the molecule is COCC(=O)N[C@@H](c1cccc(OC)c1OC)c1nccn1C. The van der Waals surface area contributed by atoms with E-state index in [4.69, 9.17) is 14.2 Å². The summed E-state index contributed by atoms with van der Waals surface area (Å²) in [5.41, 5.74) is 0.755. The van der Waals surface area contributed by atoms with Crippen molar-refractivity contribution in [2.75, 3.05) is 27.9 Å². The summed E-state index contributed by atoms with van der Waals surface area (Å²) in [5.74, 6) is 1.58. The minimum Gasteiger partial charge on any atom is -0.493 e. The van der Waals surface area contributed by atoms with Gasteiger partial charge in [0.2, 0.25) is 5.91 Å². The van der Waals surface area contributed by atoms with Gasteiger partial charge in [0.15, 0.2) is 11.5 Å². The summed E-state index contributed by atoms with van der Waals surface area (Å²) in [6.07, 6.45) is 3.49. The van der Waals surface area contributed by atoms with E-state index < -0.39 is 6.04 Å². The molecule has 0 aliphatic rings. The van der Waals surface area contributed by atoms with Crippen LogP contribution in [-0.2, 0) is 16.6 Å². The number of hydrogen-bond acceptors (Lipinski definition) is 5. The van der Waals surface area contributed by atoms with E-state index in [1.807, 2.05) is 29.9 Å². The Labute approximate surface area is 135 Å². The molecule has 1 atom stereocenters. The van der Waals surface area contributed by atoms with Gasteiger partial charge in [-0.25, -0.2) is 4.98 Å². The number of methoxy groups -OCH3 is 3. The number of nitrogens with zero attached hydrogens (tertiary/aromatic N) is 2. The van der Waals surface area contributed by atoms with Crippen molar-refractivity contribution in [3.63, 3.8) is 0 Å². The van der Waals surface area contributed by atoms with Crippen molar-refractivity contribution in [1.82, 2.24) is 14.9 Å². The number of hydrogen-bond donors (Lipinski definition) is 1. The number of carbonyl (C=O) groups excluding carboxylic acids is 1. The van der Waals surface area contributed by atoms with Crippen LogP contribution in [0.5, 0.6) is 11.5 Å². The van der Waals surface area contributed by atoms with Gasteiger partial charge in [0.05, 0.1) is 14.2 Å². The highest BCUT2D eigenvalue weighted by Crippen LogP contribution is 2.36. The molecule has 23 heavy (non-hydrogen) atoms. The number of imidazole rings is 1. The van der Waals surface area contributed by atoms with Gasteiger partial charge in [-0.3, -0.25) is 4.79 Å². The van der Waals surface area contributed by atoms with E-state index >= 15 is 0 Å². The maximum absolute atomic E-state index is 12.0. The van der Waals surface area contributed by atoms with Crippen LogP contribution in [0.4, 0.5) is 0 Å². The molecule has 0 radical (unpaired) electrons. The maximum Gasteiger partial charge on any atom is 0.246 e. The lowest BCUT2D eigenvalue weighted by Gasteiger charge is -2.22. The monoisotopic (exact) mass is 319 g/mol. The average molecular weight is 319 g/mol. The third-order valence-electron chi connectivity index (χ3n) is 3.44. The van der Waals surface area contributed by atoms with Crippen LogP contribution in [0.3, 0.4) is 0 Å². The second-order valence-electron chi connectivity index (χ2n) is 4.91. The summed E-state index contributed by atoms with van der Waals surface area (Å²) < 4.78 is 17.6. The molecule has 0 spiro atoms. The van der Waals surface area contributed by atoms with Crippen molar-refractivity contribution in [2.24, 2.45) is 7.05 Å². The highest BCUT2D eigenvalue weighted by molar-refractivity contribution is 5.78. The molecule has 0 saturated heterocycles. The van der Waals surface area contributed by atoms with Crippen molar-refractivity contribution < 1.29 is 19.0 Å². The molecule has 0 aliphatic heterocycles. The zero-order valence-electron chi connectivity index (χ0n) is 13.7. The van der Waals surface area contributed by atoms with E-state index in [1.54, 1.807) is 26.5 Å². The molecule has 0 fully saturated rings. The summed E-state index contributed by atoms with van der Waals surface area (Å²) in [6.45, 7) is -0.0345. The van der Waals surface area contributed by atoms with E-state index in [9.17, 15) is 4.79 Å². The summed E-state index contributed by atoms with van der Waals surface area (Å²) >= 11 is 0. The molecule has 1 aromatic heterocycles. The van der Waals surface area contributed by atoms with Gasteiger partial charge in [0.1, 0.15) is 18.5 Å². The molecule has 2 aromatic rings. The number of para-hydroxylation sites is 1. The van der Waals surface area contributed by atoms with E-state index in [1.165, 1.54) is 7.11 Å². The Morgan fingerprint density at radius 1 is 1.30 bits per heavy atom. The van der Waals surface area contributed by atoms with Gasteiger partial charge in [-0.15, -0.1) is 0 Å². The first-order chi connectivity index (χ1) is 11.1. The molecule has 124 valence electrons. The lowest BCUT2D eigenvalue weighted by atomic mass is 10.0. The van der Waals surface area contributed by atoms with Crippen LogP contribution in [0, 0.1) is 0 Å². The molecule has 0 unspecified atom stereocenters. The zero-order chi connectivity index (χ0) is 16.8. The number of amides is 1. The Balaban J connectivity index is 2.50. The van der Waals surface area contributed by atoms with Crippen LogP contribution in [0.2, 0.25) is 0 Å². The fraction of sp³-hybridized carbons (Fsp3) is 0.375. The largest absolute Gasteiger partial charge is 0.493 e. The van der Waals surface area contributed by atoms with Crippen LogP contribution in [0.25, 0.3) is 0 Å². The first-order valence-corrected chi connectivity index (χ1v) is 7.08. The molecule has 0 saturated carbocycles. The third-order valence-corrected chi connectivity index (χ3v) is 3.44. The predicted octanol–water partition coefficient (Wildman–Crippen LogP) is 1.29. The highest BCUT2D eigenvalue weighted by Gasteiger charge is 2.25. The molecule has 7 heteroatoms. The van der Waals surface area contributed by atoms with E-state index in [0.717, 1.165) is 5.56 Å². The molecule has 7 nitrogen and oxygen atoms in total. The number of aromatic nitrogens is 2. The molecular formula is C16H21N3O4. The number of nitrogens with one attached hydrogen (secondary N) is 1. The van der Waals surface area contributed by atoms with Crippen molar-refractivity contribution in [2.45, 2.75) is 6.04 Å². The maximum atomic E-state index is 12.0. The molecule has 1 aromatic carbocycles. The fourth-order valence-electron chi connectivity index (χ4n) is 2.41. The minimum atomic E-state index is -0.484. The fourth-order valence-corrected chi connectivity index (χ4v) is 2.41. The number of aryl methyl sites for hydroxylation is 1. The summed E-state index contributed by atoms with van der Waals surface area (Å²) in [6, 6.07) is 5.03. The Morgan fingerprint density at radius 3 is 2.65 bits per heavy atom. The highest BCUT2D eigenvalue weighted by atomic mass is 16.5. The van der Waals surface area contributed by atoms with Gasteiger partial charge in [-0.2, -0.15) is 0 Å². The number of rotatable bonds is 7. The summed E-state index contributed by atoms with van der Waals surface area (Å²) in [7, 11) is 6.47. The average Bonchev–Trinajstić information content (AvgIpc) is 2.98. The number of benzene rings is 1. The second kappa shape index (κ2) is 7.64. The first kappa shape index (κ1) is 16.8. The predicted molar refractivity (Wildman–Crippen MR) is 84.6 cm³/mol. The summed E-state index contributed by atoms with van der Waals surface area (Å²) in [5, 5.41) is 2.92. The van der Waals surface area contributed by atoms with Crippen LogP contribution in [-0.4, -0.2) is 43.4 Å². The van der Waals surface area contributed by atoms with Gasteiger partial charge < -0.3 is 24.1 Å². The van der Waals surface area contributed by atoms with E-state index in [-0.39, 0.29) is 12.5 Å². The normalized spacial score (nSPS) is 11.8. The first-order valence-electron chi connectivity index (χ1n) is 7.08. The topological polar surface area (TPSA) is 74.6 Å². The standard InChI is InChI=1S/C16H21N3O4/c1-19-9-8-17-16(19)14(18-13(20)10-21-2)11-6-5-7-12(22-3)15(11)23-4/h5-9,14H,10H2,1-4H3,(H,18,20)/t14-/m0/s1. The number of carbonyl (C=O) groups is 1. The van der Waals surface area contributed by atoms with Crippen LogP contribution in [0.1, 0.15) is 17.4 Å². The summed E-state index contributed by atoms with van der Waals surface area (Å²) in [4.78, 5) is 16.4. The molecule has 2 rings (SSSR count). The van der Waals surface area contributed by atoms with Gasteiger partial charge in [0, 0.05) is 32.1 Å². The lowest BCUT2D eigenvalue weighted by molar-refractivity contribution is -0.125. The van der Waals surface area contributed by atoms with Gasteiger partial charge in [-0.05, 0) is 6.07 Å². The molecule has 1 N–H and O–H groups in total. The van der Waals surface area contributed by atoms with Crippen molar-refractivity contribution in [3.8, 4) is 11.5 Å². The van der Waals surface area contributed by atoms with E-state index in [0.29, 0.717) is 17.3 Å². The van der Waals surface area contributed by atoms with Crippen LogP contribution < -0.4 is 14.8 Å². The Hall–Kier alpha value is -2.54. The second-order valence-corrected chi connectivity index (χ2v) is 4.91. The van der Waals surface area contributed by atoms with Crippen LogP contribution >= 0.6 is 0 Å². The minimum absolute atomic E-state index is 0.0345. The quantitative estimate of drug-likeness (QED) is 0.832. The molecule has 0 aliphatic carbocycles. The Bertz CT molecular complexity index is 669. The van der Waals surface area contributed by atoms with Crippen LogP contribution in [0.15, 0.2) is 30.6 Å². The molecule has 1 amide bonds. The number of ether oxygens (including phenoxy) is 3. The van der Waals surface area contributed by atoms with Crippen molar-refractivity contribution in [3.05, 3.63) is 42.0 Å². The van der Waals surface area contributed by atoms with Crippen molar-refractivity contribution in [1.29, 1.82) is 0 Å². The van der Waals surface area contributed by atoms with Crippen molar-refractivity contribution >= 4 is 5.91 Å². The van der Waals surface area contributed by atoms with Gasteiger partial charge >= 0.3 is 0 Å². The van der Waals surface area contributed by atoms with Gasteiger partial charge in [0.25, 0.3) is 0 Å². The molecule has 0 bridgehead atoms. The smallest absolute Gasteiger partial charge is 0.246 e. The lowest BCUT2D eigenvalue weighted by Crippen LogP contribution is -2.33. The Morgan fingerprint density at radius 2 is 2.09 bits per heavy atom.